The number of likely N-dealkylation sites (N-methyl/N-ethyl adjacent to an activating group) is 1. The number of piperazine rings is 1. The molecule has 1 saturated heterocycles. The van der Waals surface area contributed by atoms with Gasteiger partial charge in [0.05, 0.1) is 11.4 Å². The first-order chi connectivity index (χ1) is 8.99. The number of nitrogens with zero attached hydrogens (tertiary/aromatic N) is 2. The summed E-state index contributed by atoms with van der Waals surface area (Å²) in [6, 6.07) is 2.88. The predicted molar refractivity (Wildman–Crippen MR) is 67.2 cm³/mol. The maximum Gasteiger partial charge on any atom is 0.387 e. The quantitative estimate of drug-likeness (QED) is 0.854. The molecule has 1 heterocycles. The van der Waals surface area contributed by atoms with Crippen molar-refractivity contribution >= 4 is 11.4 Å². The summed E-state index contributed by atoms with van der Waals surface area (Å²) in [5.41, 5.74) is 5.58. The van der Waals surface area contributed by atoms with Crippen LogP contribution in [0.3, 0.4) is 0 Å². The van der Waals surface area contributed by atoms with E-state index < -0.39 is 18.2 Å². The van der Waals surface area contributed by atoms with Crippen molar-refractivity contribution in [1.29, 1.82) is 0 Å². The van der Waals surface area contributed by atoms with E-state index in [0.717, 1.165) is 13.1 Å². The van der Waals surface area contributed by atoms with Crippen LogP contribution in [0.25, 0.3) is 0 Å². The molecule has 0 aromatic heterocycles. The molecule has 1 aliphatic heterocycles. The molecule has 106 valence electrons. The van der Waals surface area contributed by atoms with Crippen LogP contribution in [-0.4, -0.2) is 44.7 Å². The Morgan fingerprint density at radius 1 is 1.21 bits per heavy atom. The molecule has 0 amide bonds. The topological polar surface area (TPSA) is 41.7 Å². The molecule has 0 saturated carbocycles. The fourth-order valence-corrected chi connectivity index (χ4v) is 2.06. The average molecular weight is 275 g/mol. The molecule has 1 fully saturated rings. The van der Waals surface area contributed by atoms with Crippen molar-refractivity contribution in [2.45, 2.75) is 6.61 Å². The molecule has 0 atom stereocenters. The first kappa shape index (κ1) is 13.8. The van der Waals surface area contributed by atoms with Gasteiger partial charge in [-0.05, 0) is 19.2 Å². The minimum Gasteiger partial charge on any atom is -0.429 e. The van der Waals surface area contributed by atoms with Gasteiger partial charge in [-0.15, -0.1) is 0 Å². The van der Waals surface area contributed by atoms with E-state index in [1.807, 2.05) is 7.05 Å². The summed E-state index contributed by atoms with van der Waals surface area (Å²) >= 11 is 0. The third-order valence-electron chi connectivity index (χ3n) is 3.16. The molecule has 1 aromatic carbocycles. The average Bonchev–Trinajstić information content (AvgIpc) is 2.36. The van der Waals surface area contributed by atoms with Crippen LogP contribution in [0, 0.1) is 5.82 Å². The highest BCUT2D eigenvalue weighted by Crippen LogP contribution is 2.34. The fraction of sp³-hybridized carbons (Fsp3) is 0.500. The van der Waals surface area contributed by atoms with E-state index >= 15 is 0 Å². The SMILES string of the molecule is CN1CCN(c2ccc(N)c(OC(F)F)c2F)CC1. The third kappa shape index (κ3) is 3.04. The smallest absolute Gasteiger partial charge is 0.387 e. The van der Waals surface area contributed by atoms with Crippen molar-refractivity contribution in [2.75, 3.05) is 43.9 Å². The van der Waals surface area contributed by atoms with E-state index in [9.17, 15) is 13.2 Å². The molecule has 19 heavy (non-hydrogen) atoms. The van der Waals surface area contributed by atoms with Crippen molar-refractivity contribution in [3.05, 3.63) is 17.9 Å². The Kier molecular flexibility index (Phi) is 4.04. The van der Waals surface area contributed by atoms with Crippen LogP contribution in [-0.2, 0) is 0 Å². The monoisotopic (exact) mass is 275 g/mol. The molecule has 2 rings (SSSR count). The molecule has 0 bridgehead atoms. The summed E-state index contributed by atoms with van der Waals surface area (Å²) in [4.78, 5) is 3.91. The number of benzene rings is 1. The molecule has 0 spiro atoms. The van der Waals surface area contributed by atoms with Gasteiger partial charge in [0.1, 0.15) is 0 Å². The van der Waals surface area contributed by atoms with E-state index in [1.54, 1.807) is 4.90 Å². The van der Waals surface area contributed by atoms with Crippen LogP contribution in [0.4, 0.5) is 24.5 Å². The molecule has 7 heteroatoms. The number of anilines is 2. The second kappa shape index (κ2) is 5.56. The van der Waals surface area contributed by atoms with Crippen LogP contribution in [0.15, 0.2) is 12.1 Å². The molecule has 0 radical (unpaired) electrons. The molecule has 1 aliphatic rings. The normalized spacial score (nSPS) is 17.0. The van der Waals surface area contributed by atoms with Crippen LogP contribution in [0.5, 0.6) is 5.75 Å². The minimum absolute atomic E-state index is 0.129. The summed E-state index contributed by atoms with van der Waals surface area (Å²) in [6.07, 6.45) is 0. The summed E-state index contributed by atoms with van der Waals surface area (Å²) in [6.45, 7) is -0.264. The minimum atomic E-state index is -3.10. The van der Waals surface area contributed by atoms with E-state index in [1.165, 1.54) is 12.1 Å². The molecular formula is C12H16F3N3O. The number of hydrogen-bond donors (Lipinski definition) is 1. The lowest BCUT2D eigenvalue weighted by Crippen LogP contribution is -2.44. The van der Waals surface area contributed by atoms with E-state index in [-0.39, 0.29) is 11.4 Å². The number of hydrogen-bond acceptors (Lipinski definition) is 4. The molecule has 1 aromatic rings. The van der Waals surface area contributed by atoms with Gasteiger partial charge in [0.15, 0.2) is 11.6 Å². The van der Waals surface area contributed by atoms with Gasteiger partial charge >= 0.3 is 6.61 Å². The Labute approximate surface area is 109 Å². The maximum absolute atomic E-state index is 14.2. The van der Waals surface area contributed by atoms with Crippen LogP contribution in [0.1, 0.15) is 0 Å². The molecule has 4 nitrogen and oxygen atoms in total. The lowest BCUT2D eigenvalue weighted by atomic mass is 10.2. The highest BCUT2D eigenvalue weighted by molar-refractivity contribution is 5.64. The van der Waals surface area contributed by atoms with Gasteiger partial charge in [0.2, 0.25) is 0 Å². The second-order valence-electron chi connectivity index (χ2n) is 4.49. The van der Waals surface area contributed by atoms with E-state index in [0.29, 0.717) is 13.1 Å². The Bertz CT molecular complexity index is 448. The van der Waals surface area contributed by atoms with Gasteiger partial charge in [-0.25, -0.2) is 4.39 Å². The van der Waals surface area contributed by atoms with Crippen molar-refractivity contribution in [3.63, 3.8) is 0 Å². The molecule has 2 N–H and O–H groups in total. The first-order valence-electron chi connectivity index (χ1n) is 5.95. The van der Waals surface area contributed by atoms with Gasteiger partial charge in [-0.1, -0.05) is 0 Å². The molecule has 0 unspecified atom stereocenters. The number of rotatable bonds is 3. The lowest BCUT2D eigenvalue weighted by molar-refractivity contribution is -0.0515. The van der Waals surface area contributed by atoms with Gasteiger partial charge in [-0.3, -0.25) is 0 Å². The lowest BCUT2D eigenvalue weighted by Gasteiger charge is -2.34. The Hall–Kier alpha value is -1.63. The second-order valence-corrected chi connectivity index (χ2v) is 4.49. The van der Waals surface area contributed by atoms with Crippen molar-refractivity contribution in [2.24, 2.45) is 0 Å². The van der Waals surface area contributed by atoms with Crippen LogP contribution in [0.2, 0.25) is 0 Å². The largest absolute Gasteiger partial charge is 0.429 e. The highest BCUT2D eigenvalue weighted by Gasteiger charge is 2.22. The predicted octanol–water partition coefficient (Wildman–Crippen LogP) is 1.76. The zero-order valence-electron chi connectivity index (χ0n) is 10.6. The van der Waals surface area contributed by atoms with Gasteiger partial charge < -0.3 is 20.3 Å². The Morgan fingerprint density at radius 3 is 2.42 bits per heavy atom. The Balaban J connectivity index is 2.26. The van der Waals surface area contributed by atoms with E-state index in [2.05, 4.69) is 9.64 Å². The van der Waals surface area contributed by atoms with Crippen molar-refractivity contribution in [1.82, 2.24) is 4.90 Å². The number of ether oxygens (including phenoxy) is 1. The summed E-state index contributed by atoms with van der Waals surface area (Å²) < 4.78 is 42.8. The van der Waals surface area contributed by atoms with Crippen LogP contribution >= 0.6 is 0 Å². The number of halogens is 3. The summed E-state index contributed by atoms with van der Waals surface area (Å²) in [7, 11) is 1.97. The summed E-state index contributed by atoms with van der Waals surface area (Å²) in [5.74, 6) is -1.41. The van der Waals surface area contributed by atoms with Gasteiger partial charge in [0, 0.05) is 26.2 Å². The molecular weight excluding hydrogens is 259 g/mol. The number of nitrogen functional groups attached to an aromatic ring is 1. The summed E-state index contributed by atoms with van der Waals surface area (Å²) in [5, 5.41) is 0. The van der Waals surface area contributed by atoms with Gasteiger partial charge in [-0.2, -0.15) is 8.78 Å². The number of nitrogens with two attached hydrogens (primary N) is 1. The van der Waals surface area contributed by atoms with Crippen LogP contribution < -0.4 is 15.4 Å². The zero-order valence-corrected chi connectivity index (χ0v) is 10.6. The fourth-order valence-electron chi connectivity index (χ4n) is 2.06. The Morgan fingerprint density at radius 2 is 1.84 bits per heavy atom. The molecule has 0 aliphatic carbocycles. The van der Waals surface area contributed by atoms with E-state index in [4.69, 9.17) is 5.73 Å². The zero-order chi connectivity index (χ0) is 14.0. The first-order valence-corrected chi connectivity index (χ1v) is 5.95. The van der Waals surface area contributed by atoms with Crippen molar-refractivity contribution in [3.8, 4) is 5.75 Å². The third-order valence-corrected chi connectivity index (χ3v) is 3.16. The number of alkyl halides is 2. The standard InChI is InChI=1S/C12H16F3N3O/c1-17-4-6-18(7-5-17)9-3-2-8(16)11(10(9)13)19-12(14)15/h2-3,12H,4-7,16H2,1H3. The van der Waals surface area contributed by atoms with Crippen molar-refractivity contribution < 1.29 is 17.9 Å². The van der Waals surface area contributed by atoms with Gasteiger partial charge in [0.25, 0.3) is 0 Å². The highest BCUT2D eigenvalue weighted by atomic mass is 19.3. The maximum atomic E-state index is 14.2.